The normalized spacial score (nSPS) is 31.7. The first-order valence-corrected chi connectivity index (χ1v) is 20.1. The number of nitrogens with one attached hydrogen (secondary N) is 1. The van der Waals surface area contributed by atoms with Gasteiger partial charge in [-0.3, -0.25) is 10.1 Å². The number of benzene rings is 1. The number of esters is 1. The van der Waals surface area contributed by atoms with Crippen LogP contribution in [0.2, 0.25) is 5.02 Å². The van der Waals surface area contributed by atoms with E-state index in [-0.39, 0.29) is 30.9 Å². The fourth-order valence-corrected chi connectivity index (χ4v) is 8.41. The third-order valence-corrected chi connectivity index (χ3v) is 11.9. The Balaban J connectivity index is 1.71. The molecule has 7 atom stereocenters. The third-order valence-electron chi connectivity index (χ3n) is 9.57. The SMILES string of the molecule is COc1cc2cc(c1Cl)N(C)C(=O)C[C@H](OC(=O)C(COCCCSSC)OC)[C@@]1(C)CC(C)(O1)[C@@H]1C[C@@](O)(NC(=O)O1)[C@H](OC)/C=C/C=C(\C)C2. The summed E-state index contributed by atoms with van der Waals surface area (Å²) in [7, 11) is 9.30. The summed E-state index contributed by atoms with van der Waals surface area (Å²) < 4.78 is 40.6. The summed E-state index contributed by atoms with van der Waals surface area (Å²) in [4.78, 5) is 41.9. The van der Waals surface area contributed by atoms with Crippen molar-refractivity contribution in [3.63, 3.8) is 0 Å². The Hall–Kier alpha value is -2.50. The first kappa shape index (κ1) is 42.2. The maximum absolute atomic E-state index is 14.1. The molecule has 4 aliphatic rings. The Labute approximate surface area is 318 Å². The maximum atomic E-state index is 14.1. The molecule has 13 nitrogen and oxygen atoms in total. The molecule has 290 valence electrons. The third kappa shape index (κ3) is 9.97. The summed E-state index contributed by atoms with van der Waals surface area (Å²) in [5.74, 6) is 0.153. The minimum Gasteiger partial charge on any atom is -0.495 e. The van der Waals surface area contributed by atoms with Crippen LogP contribution in [0.1, 0.15) is 52.0 Å². The number of ether oxygens (including phenoxy) is 7. The van der Waals surface area contributed by atoms with Crippen LogP contribution in [0.15, 0.2) is 35.9 Å². The van der Waals surface area contributed by atoms with Crippen LogP contribution in [0.4, 0.5) is 10.5 Å². The van der Waals surface area contributed by atoms with Crippen molar-refractivity contribution in [3.8, 4) is 5.75 Å². The molecule has 2 saturated heterocycles. The number of halogens is 1. The Bertz CT molecular complexity index is 1500. The quantitative estimate of drug-likeness (QED) is 0.162. The van der Waals surface area contributed by atoms with Gasteiger partial charge in [-0.1, -0.05) is 57.0 Å². The zero-order valence-electron chi connectivity index (χ0n) is 31.0. The number of hydrogen-bond donors (Lipinski definition) is 2. The van der Waals surface area contributed by atoms with E-state index in [0.717, 1.165) is 23.3 Å². The van der Waals surface area contributed by atoms with E-state index < -0.39 is 59.3 Å². The molecule has 2 amide bonds. The van der Waals surface area contributed by atoms with Crippen LogP contribution in [0.3, 0.4) is 0 Å². The van der Waals surface area contributed by atoms with Gasteiger partial charge in [0.15, 0.2) is 11.8 Å². The van der Waals surface area contributed by atoms with E-state index in [2.05, 4.69) is 5.32 Å². The second kappa shape index (κ2) is 18.2. The van der Waals surface area contributed by atoms with E-state index in [1.807, 2.05) is 25.3 Å². The minimum atomic E-state index is -1.84. The lowest BCUT2D eigenvalue weighted by molar-refractivity contribution is -0.329. The van der Waals surface area contributed by atoms with Crippen molar-refractivity contribution in [1.29, 1.82) is 0 Å². The van der Waals surface area contributed by atoms with Gasteiger partial charge in [-0.25, -0.2) is 9.59 Å². The average molecular weight is 787 g/mol. The largest absolute Gasteiger partial charge is 0.495 e. The lowest BCUT2D eigenvalue weighted by Crippen LogP contribution is -2.72. The van der Waals surface area contributed by atoms with Gasteiger partial charge in [-0.05, 0) is 57.6 Å². The number of nitrogens with zero attached hydrogens (tertiary/aromatic N) is 1. The molecule has 16 heteroatoms. The number of carbonyl (C=O) groups excluding carboxylic acids is 3. The van der Waals surface area contributed by atoms with Crippen LogP contribution in [-0.2, 0) is 44.4 Å². The summed E-state index contributed by atoms with van der Waals surface area (Å²) >= 11 is 6.76. The van der Waals surface area contributed by atoms with Gasteiger partial charge in [0, 0.05) is 46.5 Å². The first-order chi connectivity index (χ1) is 24.6. The number of amides is 2. The van der Waals surface area contributed by atoms with Gasteiger partial charge in [0.05, 0.1) is 25.8 Å². The number of allylic oxidation sites excluding steroid dienone is 3. The molecule has 0 saturated carbocycles. The zero-order valence-corrected chi connectivity index (χ0v) is 33.4. The van der Waals surface area contributed by atoms with E-state index in [1.54, 1.807) is 60.7 Å². The van der Waals surface area contributed by atoms with Crippen LogP contribution in [-0.4, -0.2) is 118 Å². The predicted molar refractivity (Wildman–Crippen MR) is 201 cm³/mol. The van der Waals surface area contributed by atoms with Crippen molar-refractivity contribution in [3.05, 3.63) is 46.5 Å². The van der Waals surface area contributed by atoms with Gasteiger partial charge >= 0.3 is 12.1 Å². The van der Waals surface area contributed by atoms with Gasteiger partial charge in [-0.2, -0.15) is 0 Å². The van der Waals surface area contributed by atoms with Gasteiger partial charge in [-0.15, -0.1) is 0 Å². The molecule has 1 aromatic rings. The molecule has 4 aliphatic heterocycles. The predicted octanol–water partition coefficient (Wildman–Crippen LogP) is 5.24. The van der Waals surface area contributed by atoms with Crippen molar-refractivity contribution in [2.45, 2.75) is 94.2 Å². The molecule has 0 aromatic heterocycles. The van der Waals surface area contributed by atoms with Crippen molar-refractivity contribution < 1.29 is 52.6 Å². The van der Waals surface area contributed by atoms with Crippen molar-refractivity contribution in [2.24, 2.45) is 0 Å². The number of fused-ring (bicyclic) bond motifs is 6. The van der Waals surface area contributed by atoms with Gasteiger partial charge < -0.3 is 43.2 Å². The Morgan fingerprint density at radius 3 is 2.60 bits per heavy atom. The second-order valence-corrected chi connectivity index (χ2v) is 16.7. The summed E-state index contributed by atoms with van der Waals surface area (Å²) in [6, 6.07) is 3.61. The molecule has 52 heavy (non-hydrogen) atoms. The van der Waals surface area contributed by atoms with E-state index in [9.17, 15) is 19.5 Å². The van der Waals surface area contributed by atoms with Crippen molar-refractivity contribution in [2.75, 3.05) is 58.5 Å². The fraction of sp³-hybridized carbons (Fsp3) is 0.639. The maximum Gasteiger partial charge on any atom is 0.409 e. The number of anilines is 1. The zero-order chi connectivity index (χ0) is 38.3. The molecule has 2 unspecified atom stereocenters. The lowest BCUT2D eigenvalue weighted by Gasteiger charge is -2.59. The first-order valence-electron chi connectivity index (χ1n) is 17.0. The molecule has 1 aromatic carbocycles. The van der Waals surface area contributed by atoms with E-state index >= 15 is 0 Å². The molecule has 5 rings (SSSR count). The van der Waals surface area contributed by atoms with Crippen molar-refractivity contribution in [1.82, 2.24) is 5.32 Å². The second-order valence-electron chi connectivity index (χ2n) is 13.6. The summed E-state index contributed by atoms with van der Waals surface area (Å²) in [6.07, 6.45) is 3.51. The highest BCUT2D eigenvalue weighted by atomic mass is 35.5. The van der Waals surface area contributed by atoms with Crippen LogP contribution in [0, 0.1) is 0 Å². The molecule has 0 radical (unpaired) electrons. The topological polar surface area (TPSA) is 151 Å². The molecule has 2 N–H and O–H groups in total. The Morgan fingerprint density at radius 2 is 1.94 bits per heavy atom. The summed E-state index contributed by atoms with van der Waals surface area (Å²) in [5.41, 5.74) is -2.00. The summed E-state index contributed by atoms with van der Waals surface area (Å²) in [6.45, 7) is 5.80. The average Bonchev–Trinajstić information content (AvgIpc) is 3.08. The fourth-order valence-electron chi connectivity index (χ4n) is 6.84. The molecular weight excluding hydrogens is 736 g/mol. The Morgan fingerprint density at radius 1 is 1.21 bits per heavy atom. The highest BCUT2D eigenvalue weighted by molar-refractivity contribution is 8.76. The molecule has 2 fully saturated rings. The van der Waals surface area contributed by atoms with Crippen LogP contribution >= 0.6 is 33.2 Å². The molecule has 4 heterocycles. The number of alkyl carbamates (subject to hydrolysis) is 1. The molecule has 0 spiro atoms. The van der Waals surface area contributed by atoms with Gasteiger partial charge in [0.25, 0.3) is 0 Å². The standard InChI is InChI=1S/C36H51ClN2O11S2/c1-22-11-9-12-27(46-7)36(43)19-29(49-33(42)38-36)35(3)21-34(2,50-35)28(48-32(41)26(45-6)20-47-13-10-14-52-51-8)18-30(40)39(4)24-16-23(15-22)17-25(44-5)31(24)37/h9,11-12,16-17,26-29,43H,10,13-15,18-21H2,1-8H3,(H,38,42)/b12-9+,22-11+/t26?,27-,28+,29+,34-,35?,36+/m1/s1. The van der Waals surface area contributed by atoms with Gasteiger partial charge in [0.2, 0.25) is 5.91 Å². The van der Waals surface area contributed by atoms with Crippen LogP contribution in [0.5, 0.6) is 5.75 Å². The van der Waals surface area contributed by atoms with Crippen molar-refractivity contribution >= 4 is 56.8 Å². The number of methoxy groups -OCH3 is 3. The number of carbonyl (C=O) groups is 3. The molecule has 0 aliphatic carbocycles. The molecule has 6 bridgehead atoms. The van der Waals surface area contributed by atoms with E-state index in [4.69, 9.17) is 44.8 Å². The highest BCUT2D eigenvalue weighted by Gasteiger charge is 2.63. The number of hydrogen-bond acceptors (Lipinski definition) is 13. The minimum absolute atomic E-state index is 0.0378. The van der Waals surface area contributed by atoms with Crippen LogP contribution in [0.25, 0.3) is 0 Å². The number of aliphatic hydroxyl groups is 1. The highest BCUT2D eigenvalue weighted by Crippen LogP contribution is 2.50. The summed E-state index contributed by atoms with van der Waals surface area (Å²) in [5, 5.41) is 14.5. The van der Waals surface area contributed by atoms with Gasteiger partial charge in [0.1, 0.15) is 40.3 Å². The monoisotopic (exact) mass is 786 g/mol. The molecular formula is C36H51ClN2O11S2. The van der Waals surface area contributed by atoms with E-state index in [0.29, 0.717) is 24.5 Å². The number of rotatable bonds is 12. The lowest BCUT2D eigenvalue weighted by atomic mass is 9.72. The smallest absolute Gasteiger partial charge is 0.409 e. The van der Waals surface area contributed by atoms with E-state index in [1.165, 1.54) is 26.2 Å². The van der Waals surface area contributed by atoms with Crippen LogP contribution < -0.4 is 15.0 Å². The Kier molecular flexibility index (Phi) is 14.8.